The van der Waals surface area contributed by atoms with Gasteiger partial charge in [-0.05, 0) is 65.8 Å². The smallest absolute Gasteiger partial charge is 0.424 e. The van der Waals surface area contributed by atoms with E-state index in [4.69, 9.17) is 25.9 Å². The van der Waals surface area contributed by atoms with Crippen molar-refractivity contribution in [2.24, 2.45) is 10.8 Å². The highest BCUT2D eigenvalue weighted by atomic mass is 16.6. The van der Waals surface area contributed by atoms with Crippen molar-refractivity contribution in [2.75, 3.05) is 10.3 Å². The van der Waals surface area contributed by atoms with Crippen LogP contribution in [0.4, 0.5) is 21.0 Å². The van der Waals surface area contributed by atoms with E-state index in [1.54, 1.807) is 47.6 Å². The monoisotopic (exact) mass is 402 g/mol. The van der Waals surface area contributed by atoms with Gasteiger partial charge in [-0.1, -0.05) is 0 Å². The molecule has 0 heterocycles. The molecule has 10 heteroatoms. The van der Waals surface area contributed by atoms with Gasteiger partial charge in [0, 0.05) is 0 Å². The second-order valence-electron chi connectivity index (χ2n) is 7.94. The number of nitriles is 1. The van der Waals surface area contributed by atoms with E-state index in [1.807, 2.05) is 0 Å². The lowest BCUT2D eigenvalue weighted by Gasteiger charge is -2.28. The number of nitrogens with one attached hydrogen (secondary N) is 2. The molecule has 10 nitrogen and oxygen atoms in total. The van der Waals surface area contributed by atoms with Crippen molar-refractivity contribution in [1.82, 2.24) is 0 Å². The summed E-state index contributed by atoms with van der Waals surface area (Å²) in [6.45, 7) is 10.1. The molecule has 1 aromatic rings. The van der Waals surface area contributed by atoms with Gasteiger partial charge in [0.05, 0.1) is 11.4 Å². The quantitative estimate of drug-likeness (QED) is 0.395. The van der Waals surface area contributed by atoms with E-state index in [0.717, 1.165) is 4.90 Å². The number of benzene rings is 1. The summed E-state index contributed by atoms with van der Waals surface area (Å²) in [5, 5.41) is 19.8. The molecule has 2 amide bonds. The zero-order valence-electron chi connectivity index (χ0n) is 17.4. The van der Waals surface area contributed by atoms with Crippen LogP contribution in [0.2, 0.25) is 0 Å². The maximum absolute atomic E-state index is 12.6. The number of hydrogen-bond acceptors (Lipinski definition) is 8. The van der Waals surface area contributed by atoms with Crippen LogP contribution in [0, 0.1) is 16.7 Å². The van der Waals surface area contributed by atoms with Crippen molar-refractivity contribution >= 4 is 35.1 Å². The lowest BCUT2D eigenvalue weighted by molar-refractivity contribution is 0.0431. The van der Waals surface area contributed by atoms with Crippen LogP contribution in [0.1, 0.15) is 41.5 Å². The summed E-state index contributed by atoms with van der Waals surface area (Å²) in [4.78, 5) is 26.0. The van der Waals surface area contributed by atoms with E-state index in [0.29, 0.717) is 5.69 Å². The molecular weight excluding hydrogens is 376 g/mol. The van der Waals surface area contributed by atoms with E-state index in [9.17, 15) is 9.59 Å². The molecule has 4 N–H and O–H groups in total. The van der Waals surface area contributed by atoms with Crippen molar-refractivity contribution in [3.05, 3.63) is 24.3 Å². The van der Waals surface area contributed by atoms with Gasteiger partial charge in [-0.25, -0.2) is 9.59 Å². The van der Waals surface area contributed by atoms with Crippen molar-refractivity contribution in [1.29, 1.82) is 10.7 Å². The van der Waals surface area contributed by atoms with Crippen LogP contribution < -0.4 is 16.1 Å². The molecule has 0 saturated carbocycles. The fourth-order valence-electron chi connectivity index (χ4n) is 1.85. The predicted octanol–water partition coefficient (Wildman–Crippen LogP) is 3.59. The first-order valence-electron chi connectivity index (χ1n) is 8.68. The SMILES string of the molecule is CC(C)(C)OC(=O)N(C(=O)OC(C)(C)C)c1ccc(N/N=C(\C#N)C(=N)N)cc1. The van der Waals surface area contributed by atoms with Gasteiger partial charge >= 0.3 is 12.2 Å². The van der Waals surface area contributed by atoms with Gasteiger partial charge in [-0.15, -0.1) is 0 Å². The summed E-state index contributed by atoms with van der Waals surface area (Å²) >= 11 is 0. The summed E-state index contributed by atoms with van der Waals surface area (Å²) in [6.07, 6.45) is -1.76. The molecule has 0 bridgehead atoms. The summed E-state index contributed by atoms with van der Waals surface area (Å²) in [5.74, 6) is -0.474. The van der Waals surface area contributed by atoms with Gasteiger partial charge in [0.25, 0.3) is 0 Å². The molecule has 1 rings (SSSR count). The van der Waals surface area contributed by atoms with Crippen molar-refractivity contribution in [3.8, 4) is 6.07 Å². The number of hydrogen-bond donors (Lipinski definition) is 3. The van der Waals surface area contributed by atoms with Crippen LogP contribution >= 0.6 is 0 Å². The Labute approximate surface area is 169 Å². The van der Waals surface area contributed by atoms with Crippen LogP contribution in [0.5, 0.6) is 0 Å². The van der Waals surface area contributed by atoms with E-state index < -0.39 is 29.2 Å². The Bertz CT molecular complexity index is 813. The Kier molecular flexibility index (Phi) is 7.31. The minimum atomic E-state index is -0.881. The van der Waals surface area contributed by atoms with E-state index in [2.05, 4.69) is 10.5 Å². The topological polar surface area (TPSA) is 154 Å². The first kappa shape index (κ1) is 23.4. The van der Waals surface area contributed by atoms with Crippen LogP contribution in [0.25, 0.3) is 0 Å². The molecule has 0 aliphatic rings. The van der Waals surface area contributed by atoms with Crippen molar-refractivity contribution < 1.29 is 19.1 Å². The number of carbonyl (C=O) groups excluding carboxylic acids is 2. The van der Waals surface area contributed by atoms with Gasteiger partial charge in [0.1, 0.15) is 17.3 Å². The van der Waals surface area contributed by atoms with Crippen LogP contribution in [-0.4, -0.2) is 34.9 Å². The Hall–Kier alpha value is -3.61. The molecule has 0 aromatic heterocycles. The molecule has 0 radical (unpaired) electrons. The number of anilines is 2. The lowest BCUT2D eigenvalue weighted by Crippen LogP contribution is -2.43. The Morgan fingerprint density at radius 3 is 1.86 bits per heavy atom. The molecule has 156 valence electrons. The molecule has 1 aromatic carbocycles. The molecule has 0 aliphatic carbocycles. The minimum absolute atomic E-state index is 0.218. The molecule has 0 saturated heterocycles. The maximum Gasteiger partial charge on any atom is 0.424 e. The Morgan fingerprint density at radius 2 is 1.52 bits per heavy atom. The normalized spacial score (nSPS) is 11.8. The maximum atomic E-state index is 12.6. The predicted molar refractivity (Wildman–Crippen MR) is 110 cm³/mol. The fourth-order valence-corrected chi connectivity index (χ4v) is 1.85. The number of ether oxygens (including phenoxy) is 2. The summed E-state index contributed by atoms with van der Waals surface area (Å²) in [6, 6.07) is 7.68. The highest BCUT2D eigenvalue weighted by molar-refractivity contribution is 6.45. The molecule has 29 heavy (non-hydrogen) atoms. The highest BCUT2D eigenvalue weighted by Gasteiger charge is 2.32. The highest BCUT2D eigenvalue weighted by Crippen LogP contribution is 2.23. The van der Waals surface area contributed by atoms with E-state index >= 15 is 0 Å². The van der Waals surface area contributed by atoms with Gasteiger partial charge in [-0.2, -0.15) is 15.3 Å². The molecule has 0 unspecified atom stereocenters. The van der Waals surface area contributed by atoms with Gasteiger partial charge in [0.15, 0.2) is 5.84 Å². The number of carbonyl (C=O) groups is 2. The molecular formula is C19H26N6O4. The Balaban J connectivity index is 3.16. The number of imide groups is 1. The molecule has 0 aliphatic heterocycles. The number of nitrogens with two attached hydrogens (primary N) is 1. The van der Waals surface area contributed by atoms with E-state index in [1.165, 1.54) is 24.3 Å². The lowest BCUT2D eigenvalue weighted by atomic mass is 10.2. The molecule has 0 atom stereocenters. The van der Waals surface area contributed by atoms with Gasteiger partial charge in [-0.3, -0.25) is 10.8 Å². The first-order chi connectivity index (χ1) is 13.2. The number of hydrazone groups is 1. The second-order valence-corrected chi connectivity index (χ2v) is 7.94. The van der Waals surface area contributed by atoms with E-state index in [-0.39, 0.29) is 11.4 Å². The Morgan fingerprint density at radius 1 is 1.07 bits per heavy atom. The van der Waals surface area contributed by atoms with Crippen LogP contribution in [0.3, 0.4) is 0 Å². The first-order valence-corrected chi connectivity index (χ1v) is 8.68. The van der Waals surface area contributed by atoms with Gasteiger partial charge in [0.2, 0.25) is 5.71 Å². The average molecular weight is 402 g/mol. The zero-order valence-corrected chi connectivity index (χ0v) is 17.4. The summed E-state index contributed by atoms with van der Waals surface area (Å²) < 4.78 is 10.6. The third-order valence-corrected chi connectivity index (χ3v) is 2.94. The van der Waals surface area contributed by atoms with Crippen LogP contribution in [0.15, 0.2) is 29.4 Å². The summed E-state index contributed by atoms with van der Waals surface area (Å²) in [7, 11) is 0. The summed E-state index contributed by atoms with van der Waals surface area (Å²) in [5.41, 5.74) is 6.55. The number of rotatable bonds is 4. The third kappa shape index (κ3) is 7.88. The van der Waals surface area contributed by atoms with Gasteiger partial charge < -0.3 is 15.2 Å². The van der Waals surface area contributed by atoms with Crippen molar-refractivity contribution in [3.63, 3.8) is 0 Å². The minimum Gasteiger partial charge on any atom is -0.443 e. The average Bonchev–Trinajstić information content (AvgIpc) is 2.53. The fraction of sp³-hybridized carbons (Fsp3) is 0.421. The second kappa shape index (κ2) is 9.05. The zero-order chi connectivity index (χ0) is 22.4. The standard InChI is InChI=1S/C19H26N6O4/c1-18(2,3)28-16(26)25(17(27)29-19(4,5)6)13-9-7-12(8-10-13)23-24-14(11-20)15(21)22/h7-10,23H,1-6H3,(H3,21,22)/b24-14+. The molecule has 0 fully saturated rings. The number of amides is 2. The van der Waals surface area contributed by atoms with Crippen LogP contribution in [-0.2, 0) is 9.47 Å². The number of amidine groups is 1. The third-order valence-electron chi connectivity index (χ3n) is 2.94. The molecule has 0 spiro atoms. The number of nitrogens with zero attached hydrogens (tertiary/aromatic N) is 3. The largest absolute Gasteiger partial charge is 0.443 e. The van der Waals surface area contributed by atoms with Crippen molar-refractivity contribution in [2.45, 2.75) is 52.7 Å².